The monoisotopic (exact) mass is 385 g/mol. The van der Waals surface area contributed by atoms with Crippen LogP contribution >= 0.6 is 0 Å². The lowest BCUT2D eigenvalue weighted by molar-refractivity contribution is 0.463. The van der Waals surface area contributed by atoms with Gasteiger partial charge in [0, 0.05) is 25.2 Å². The number of nitrogens with one attached hydrogen (secondary N) is 1. The predicted octanol–water partition coefficient (Wildman–Crippen LogP) is 3.10. The van der Waals surface area contributed by atoms with Crippen molar-refractivity contribution in [3.05, 3.63) is 67.1 Å². The number of nitrogens with two attached hydrogens (primary N) is 1. The minimum Gasteiger partial charge on any atom is -0.439 e. The Morgan fingerprint density at radius 2 is 1.83 bits per heavy atom. The molecule has 144 valence electrons. The second kappa shape index (κ2) is 7.33. The van der Waals surface area contributed by atoms with Gasteiger partial charge in [0.25, 0.3) is 0 Å². The molecule has 0 saturated carbocycles. The zero-order valence-corrected chi connectivity index (χ0v) is 15.6. The van der Waals surface area contributed by atoms with Crippen molar-refractivity contribution in [1.82, 2.24) is 19.9 Å². The first-order valence-corrected chi connectivity index (χ1v) is 9.33. The Labute approximate surface area is 167 Å². The van der Waals surface area contributed by atoms with Crippen LogP contribution in [0.1, 0.15) is 0 Å². The van der Waals surface area contributed by atoms with Gasteiger partial charge in [-0.2, -0.15) is 0 Å². The molecule has 0 atom stereocenters. The largest absolute Gasteiger partial charge is 0.439 e. The fourth-order valence-electron chi connectivity index (χ4n) is 3.16. The summed E-state index contributed by atoms with van der Waals surface area (Å²) < 4.78 is 5.73. The van der Waals surface area contributed by atoms with Crippen molar-refractivity contribution < 1.29 is 4.74 Å². The molecule has 0 unspecified atom stereocenters. The van der Waals surface area contributed by atoms with Crippen LogP contribution in [0.4, 0.5) is 17.3 Å². The van der Waals surface area contributed by atoms with Gasteiger partial charge in [-0.15, -0.1) is 0 Å². The molecule has 0 spiro atoms. The average molecular weight is 385 g/mol. The summed E-state index contributed by atoms with van der Waals surface area (Å²) in [7, 11) is 0. The minimum absolute atomic E-state index is 0.208. The maximum absolute atomic E-state index is 5.89. The fraction of sp³-hybridized carbons (Fsp3) is 0.143. The number of anilines is 3. The molecule has 29 heavy (non-hydrogen) atoms. The van der Waals surface area contributed by atoms with Gasteiger partial charge in [-0.05, 0) is 30.3 Å². The van der Waals surface area contributed by atoms with Gasteiger partial charge >= 0.3 is 0 Å². The van der Waals surface area contributed by atoms with Crippen molar-refractivity contribution in [1.29, 1.82) is 0 Å². The van der Waals surface area contributed by atoms with Crippen molar-refractivity contribution in [2.24, 2.45) is 5.73 Å². The van der Waals surface area contributed by atoms with Gasteiger partial charge in [0.05, 0.1) is 17.4 Å². The maximum atomic E-state index is 5.89. The molecule has 5 rings (SSSR count). The third-order valence-corrected chi connectivity index (χ3v) is 4.67. The van der Waals surface area contributed by atoms with Crippen molar-refractivity contribution >= 4 is 28.4 Å². The first-order chi connectivity index (χ1) is 14.2. The van der Waals surface area contributed by atoms with E-state index in [2.05, 4.69) is 25.2 Å². The molecule has 3 N–H and O–H groups in total. The highest BCUT2D eigenvalue weighted by Crippen LogP contribution is 2.26. The smallest absolute Gasteiger partial charge is 0.219 e. The molecule has 8 heteroatoms. The van der Waals surface area contributed by atoms with Crippen LogP contribution in [0.2, 0.25) is 0 Å². The molecule has 4 aromatic rings. The first-order valence-electron chi connectivity index (χ1n) is 9.33. The third-order valence-electron chi connectivity index (χ3n) is 4.67. The summed E-state index contributed by atoms with van der Waals surface area (Å²) in [5.41, 5.74) is 8.14. The molecular weight excluding hydrogens is 366 g/mol. The topological polar surface area (TPSA) is 102 Å². The van der Waals surface area contributed by atoms with Crippen molar-refractivity contribution in [2.75, 3.05) is 23.3 Å². The Hall–Kier alpha value is -3.78. The average Bonchev–Trinajstić information content (AvgIpc) is 2.74. The van der Waals surface area contributed by atoms with Gasteiger partial charge in [0.2, 0.25) is 5.88 Å². The van der Waals surface area contributed by atoms with Crippen molar-refractivity contribution in [2.45, 2.75) is 6.04 Å². The number of ether oxygens (including phenoxy) is 1. The number of benzene rings is 1. The van der Waals surface area contributed by atoms with E-state index in [4.69, 9.17) is 15.5 Å². The lowest BCUT2D eigenvalue weighted by Crippen LogP contribution is -2.56. The normalized spacial score (nSPS) is 13.9. The fourth-order valence-corrected chi connectivity index (χ4v) is 3.16. The molecule has 1 aromatic carbocycles. The van der Waals surface area contributed by atoms with Crippen LogP contribution in [0.3, 0.4) is 0 Å². The highest BCUT2D eigenvalue weighted by atomic mass is 16.5. The van der Waals surface area contributed by atoms with Gasteiger partial charge in [0.15, 0.2) is 5.82 Å². The molecule has 3 aromatic heterocycles. The molecule has 0 aliphatic carbocycles. The van der Waals surface area contributed by atoms with Gasteiger partial charge in [-0.3, -0.25) is 0 Å². The number of pyridine rings is 2. The number of para-hydroxylation sites is 1. The van der Waals surface area contributed by atoms with E-state index in [0.717, 1.165) is 35.9 Å². The summed E-state index contributed by atoms with van der Waals surface area (Å²) in [6, 6.07) is 17.3. The summed E-state index contributed by atoms with van der Waals surface area (Å²) in [4.78, 5) is 19.9. The number of hydrogen-bond donors (Lipinski definition) is 2. The number of rotatable bonds is 5. The van der Waals surface area contributed by atoms with Crippen molar-refractivity contribution in [3.63, 3.8) is 0 Å². The summed E-state index contributed by atoms with van der Waals surface area (Å²) in [5, 5.41) is 3.27. The van der Waals surface area contributed by atoms with Crippen LogP contribution in [0, 0.1) is 0 Å². The van der Waals surface area contributed by atoms with Gasteiger partial charge in [-0.1, -0.05) is 18.2 Å². The van der Waals surface area contributed by atoms with E-state index in [1.165, 1.54) is 6.33 Å². The Morgan fingerprint density at radius 1 is 0.966 bits per heavy atom. The zero-order chi connectivity index (χ0) is 19.6. The Bertz CT molecular complexity index is 1130. The molecule has 0 radical (unpaired) electrons. The summed E-state index contributed by atoms with van der Waals surface area (Å²) in [6.07, 6.45) is 3.22. The molecule has 1 aliphatic heterocycles. The molecule has 1 aliphatic rings. The number of aromatic nitrogens is 4. The van der Waals surface area contributed by atoms with E-state index in [0.29, 0.717) is 17.2 Å². The third kappa shape index (κ3) is 3.65. The van der Waals surface area contributed by atoms with Crippen LogP contribution in [0.5, 0.6) is 11.6 Å². The van der Waals surface area contributed by atoms with Crippen LogP contribution in [0.25, 0.3) is 11.0 Å². The van der Waals surface area contributed by atoms with E-state index in [1.54, 1.807) is 12.3 Å². The second-order valence-electron chi connectivity index (χ2n) is 6.85. The molecule has 8 nitrogen and oxygen atoms in total. The molecule has 0 amide bonds. The lowest BCUT2D eigenvalue weighted by Gasteiger charge is -2.37. The van der Waals surface area contributed by atoms with Crippen molar-refractivity contribution in [3.8, 4) is 11.6 Å². The van der Waals surface area contributed by atoms with Crippen LogP contribution in [-0.4, -0.2) is 39.1 Å². The Kier molecular flexibility index (Phi) is 4.38. The quantitative estimate of drug-likeness (QED) is 0.540. The van der Waals surface area contributed by atoms with Crippen LogP contribution in [0.15, 0.2) is 67.1 Å². The minimum atomic E-state index is 0.208. The molecule has 4 heterocycles. The van der Waals surface area contributed by atoms with E-state index >= 15 is 0 Å². The standard InChI is InChI=1S/C21H19N7O/c22-14-11-28(12-14)18-8-7-17-20(27-18)21(25-13-24-17)26-15-6-9-19(23-10-15)29-16-4-2-1-3-5-16/h1-10,13-14H,11-12,22H2,(H,24,25,26). The summed E-state index contributed by atoms with van der Waals surface area (Å²) in [6.45, 7) is 1.61. The van der Waals surface area contributed by atoms with Crippen LogP contribution in [-0.2, 0) is 0 Å². The van der Waals surface area contributed by atoms with E-state index in [1.807, 2.05) is 48.5 Å². The predicted molar refractivity (Wildman–Crippen MR) is 112 cm³/mol. The number of hydrogen-bond acceptors (Lipinski definition) is 8. The van der Waals surface area contributed by atoms with E-state index < -0.39 is 0 Å². The van der Waals surface area contributed by atoms with Gasteiger partial charge in [-0.25, -0.2) is 19.9 Å². The van der Waals surface area contributed by atoms with Crippen LogP contribution < -0.4 is 20.7 Å². The highest BCUT2D eigenvalue weighted by molar-refractivity contribution is 5.88. The maximum Gasteiger partial charge on any atom is 0.219 e. The SMILES string of the molecule is NC1CN(c2ccc3ncnc(Nc4ccc(Oc5ccccc5)nc4)c3n2)C1. The number of fused-ring (bicyclic) bond motifs is 1. The molecule has 1 saturated heterocycles. The molecule has 1 fully saturated rings. The Morgan fingerprint density at radius 3 is 2.59 bits per heavy atom. The van der Waals surface area contributed by atoms with Gasteiger partial charge in [0.1, 0.15) is 23.4 Å². The zero-order valence-electron chi connectivity index (χ0n) is 15.6. The summed E-state index contributed by atoms with van der Waals surface area (Å²) >= 11 is 0. The summed E-state index contributed by atoms with van der Waals surface area (Å²) in [5.74, 6) is 2.76. The molecule has 0 bridgehead atoms. The van der Waals surface area contributed by atoms with E-state index in [-0.39, 0.29) is 6.04 Å². The second-order valence-corrected chi connectivity index (χ2v) is 6.85. The number of nitrogens with zero attached hydrogens (tertiary/aromatic N) is 5. The molecular formula is C21H19N7O. The van der Waals surface area contributed by atoms with Gasteiger partial charge < -0.3 is 20.7 Å². The lowest BCUT2D eigenvalue weighted by atomic mass is 10.1. The first kappa shape index (κ1) is 17.3. The Balaban J connectivity index is 1.37. The van der Waals surface area contributed by atoms with E-state index in [9.17, 15) is 0 Å². The highest BCUT2D eigenvalue weighted by Gasteiger charge is 2.24.